The topological polar surface area (TPSA) is 137 Å². The molecule has 0 saturated heterocycles. The number of nitro benzene ring substituents is 1. The third kappa shape index (κ3) is 3.95. The minimum atomic E-state index is -4.69. The van der Waals surface area contributed by atoms with E-state index < -0.39 is 46.0 Å². The van der Waals surface area contributed by atoms with E-state index in [-0.39, 0.29) is 22.5 Å². The van der Waals surface area contributed by atoms with Crippen molar-refractivity contribution in [3.05, 3.63) is 80.5 Å². The van der Waals surface area contributed by atoms with Gasteiger partial charge in [0.25, 0.3) is 5.69 Å². The van der Waals surface area contributed by atoms with E-state index in [4.69, 9.17) is 5.26 Å². The Labute approximate surface area is 178 Å². The molecule has 0 radical (unpaired) electrons. The molecular weight excluding hydrogens is 433 g/mol. The number of rotatable bonds is 4. The Balaban J connectivity index is 2.19. The number of anilines is 1. The number of amides is 2. The number of carboxylic acids is 1. The molecule has 9 nitrogen and oxygen atoms in total. The summed E-state index contributed by atoms with van der Waals surface area (Å²) < 4.78 is 39.3. The summed E-state index contributed by atoms with van der Waals surface area (Å²) in [7, 11) is 0. The van der Waals surface area contributed by atoms with E-state index in [2.05, 4.69) is 5.32 Å². The molecule has 0 aliphatic carbocycles. The fraction of sp³-hybridized carbons (Fsp3) is 0.150. The van der Waals surface area contributed by atoms with Crippen molar-refractivity contribution >= 4 is 23.4 Å². The highest BCUT2D eigenvalue weighted by Crippen LogP contribution is 2.38. The zero-order valence-electron chi connectivity index (χ0n) is 16.2. The lowest BCUT2D eigenvalue weighted by Crippen LogP contribution is -2.48. The number of halogens is 3. The van der Waals surface area contributed by atoms with Crippen LogP contribution in [0.25, 0.3) is 0 Å². The average molecular weight is 446 g/mol. The largest absolute Gasteiger partial charge is 0.478 e. The van der Waals surface area contributed by atoms with E-state index >= 15 is 0 Å². The normalized spacial score (nSPS) is 16.4. The highest BCUT2D eigenvalue weighted by Gasteiger charge is 2.40. The van der Waals surface area contributed by atoms with Gasteiger partial charge in [0.15, 0.2) is 0 Å². The number of urea groups is 1. The van der Waals surface area contributed by atoms with Crippen LogP contribution >= 0.6 is 0 Å². The number of alkyl halides is 3. The summed E-state index contributed by atoms with van der Waals surface area (Å²) in [6, 6.07) is 6.34. The van der Waals surface area contributed by atoms with E-state index in [9.17, 15) is 38.0 Å². The van der Waals surface area contributed by atoms with E-state index in [1.54, 1.807) is 6.07 Å². The number of allylic oxidation sites excluding steroid dienone is 1. The monoisotopic (exact) mass is 446 g/mol. The number of hydrogen-bond acceptors (Lipinski definition) is 5. The van der Waals surface area contributed by atoms with Crippen LogP contribution in [0.3, 0.4) is 0 Å². The molecule has 1 aliphatic rings. The number of nitro groups is 1. The van der Waals surface area contributed by atoms with Crippen LogP contribution in [0.4, 0.5) is 29.3 Å². The Hall–Kier alpha value is -4.40. The van der Waals surface area contributed by atoms with E-state index in [1.165, 1.54) is 19.1 Å². The summed E-state index contributed by atoms with van der Waals surface area (Å²) in [5, 5.41) is 32.6. The van der Waals surface area contributed by atoms with Crippen molar-refractivity contribution in [1.29, 1.82) is 5.26 Å². The second-order valence-corrected chi connectivity index (χ2v) is 6.71. The maximum absolute atomic E-state index is 13.1. The van der Waals surface area contributed by atoms with Gasteiger partial charge in [-0.2, -0.15) is 18.4 Å². The first-order valence-corrected chi connectivity index (χ1v) is 8.86. The summed E-state index contributed by atoms with van der Waals surface area (Å²) in [5.41, 5.74) is -2.81. The van der Waals surface area contributed by atoms with Gasteiger partial charge in [-0.05, 0) is 37.3 Å². The molecule has 3 rings (SSSR count). The van der Waals surface area contributed by atoms with Crippen LogP contribution in [0, 0.1) is 21.4 Å². The number of carboxylic acid groups (broad SMARTS) is 1. The highest BCUT2D eigenvalue weighted by molar-refractivity contribution is 6.03. The molecule has 2 amide bonds. The van der Waals surface area contributed by atoms with Crippen LogP contribution < -0.4 is 10.2 Å². The van der Waals surface area contributed by atoms with Gasteiger partial charge < -0.3 is 10.4 Å². The van der Waals surface area contributed by atoms with Crippen molar-refractivity contribution in [2.24, 2.45) is 0 Å². The molecule has 12 heteroatoms. The standard InChI is InChI=1S/C20H13F3N4O5/c1-10-16(18(28)29)17(14-6-5-11(9-24)7-15(14)27(31)32)25-19(30)26(10)13-4-2-3-12(8-13)20(21,22)23/h2-8,17H,1H3,(H,25,30)(H,28,29)/t17-/m1/s1. The Bertz CT molecular complexity index is 1220. The fourth-order valence-corrected chi connectivity index (χ4v) is 3.40. The molecule has 0 bridgehead atoms. The number of benzene rings is 2. The van der Waals surface area contributed by atoms with Crippen LogP contribution in [0.1, 0.15) is 29.7 Å². The minimum absolute atomic E-state index is 0.0502. The molecule has 32 heavy (non-hydrogen) atoms. The third-order valence-corrected chi connectivity index (χ3v) is 4.81. The zero-order chi connectivity index (χ0) is 23.8. The first kappa shape index (κ1) is 22.3. The van der Waals surface area contributed by atoms with Crippen LogP contribution in [0.5, 0.6) is 0 Å². The van der Waals surface area contributed by atoms with Crippen molar-refractivity contribution in [3.8, 4) is 6.07 Å². The first-order chi connectivity index (χ1) is 15.0. The van der Waals surface area contributed by atoms with Crippen molar-refractivity contribution in [2.45, 2.75) is 19.1 Å². The number of nitrogens with one attached hydrogen (secondary N) is 1. The van der Waals surface area contributed by atoms with Gasteiger partial charge >= 0.3 is 18.2 Å². The highest BCUT2D eigenvalue weighted by atomic mass is 19.4. The molecule has 1 aliphatic heterocycles. The van der Waals surface area contributed by atoms with E-state index in [0.29, 0.717) is 6.07 Å². The molecule has 2 aromatic carbocycles. The van der Waals surface area contributed by atoms with Gasteiger partial charge in [-0.25, -0.2) is 9.59 Å². The second-order valence-electron chi connectivity index (χ2n) is 6.71. The van der Waals surface area contributed by atoms with Crippen LogP contribution in [0.2, 0.25) is 0 Å². The molecule has 0 unspecified atom stereocenters. The lowest BCUT2D eigenvalue weighted by molar-refractivity contribution is -0.385. The van der Waals surface area contributed by atoms with E-state index in [1.807, 2.05) is 0 Å². The van der Waals surface area contributed by atoms with Crippen molar-refractivity contribution in [2.75, 3.05) is 4.90 Å². The lowest BCUT2D eigenvalue weighted by Gasteiger charge is -2.34. The summed E-state index contributed by atoms with van der Waals surface area (Å²) in [5.74, 6) is -1.54. The van der Waals surface area contributed by atoms with Crippen LogP contribution in [-0.2, 0) is 11.0 Å². The maximum atomic E-state index is 13.1. The molecule has 0 fully saturated rings. The minimum Gasteiger partial charge on any atom is -0.478 e. The van der Waals surface area contributed by atoms with Gasteiger partial charge in [-0.15, -0.1) is 0 Å². The smallest absolute Gasteiger partial charge is 0.416 e. The summed E-state index contributed by atoms with van der Waals surface area (Å²) in [6.07, 6.45) is -4.69. The molecule has 0 saturated carbocycles. The molecule has 0 spiro atoms. The van der Waals surface area contributed by atoms with Gasteiger partial charge in [0.2, 0.25) is 0 Å². The molecule has 2 aromatic rings. The molecule has 1 heterocycles. The maximum Gasteiger partial charge on any atom is 0.416 e. The lowest BCUT2D eigenvalue weighted by atomic mass is 9.92. The quantitative estimate of drug-likeness (QED) is 0.536. The van der Waals surface area contributed by atoms with Gasteiger partial charge in [-0.3, -0.25) is 15.0 Å². The van der Waals surface area contributed by atoms with Crippen molar-refractivity contribution in [3.63, 3.8) is 0 Å². The SMILES string of the molecule is CC1=C(C(=O)O)[C@@H](c2ccc(C#N)cc2[N+](=O)[O-])NC(=O)N1c1cccc(C(F)(F)F)c1. The number of nitriles is 1. The van der Waals surface area contributed by atoms with E-state index in [0.717, 1.165) is 29.2 Å². The van der Waals surface area contributed by atoms with Crippen LogP contribution in [-0.4, -0.2) is 22.0 Å². The summed E-state index contributed by atoms with van der Waals surface area (Å²) in [6.45, 7) is 1.21. The second kappa shape index (κ2) is 8.03. The molecule has 1 atom stereocenters. The number of nitrogens with zero attached hydrogens (tertiary/aromatic N) is 3. The first-order valence-electron chi connectivity index (χ1n) is 8.86. The van der Waals surface area contributed by atoms with Crippen LogP contribution in [0.15, 0.2) is 53.7 Å². The predicted octanol–water partition coefficient (Wildman–Crippen LogP) is 4.11. The Morgan fingerprint density at radius 3 is 2.53 bits per heavy atom. The Kier molecular flexibility index (Phi) is 5.59. The third-order valence-electron chi connectivity index (χ3n) is 4.81. The summed E-state index contributed by atoms with van der Waals surface area (Å²) in [4.78, 5) is 36.3. The molecule has 164 valence electrons. The van der Waals surface area contributed by atoms with Crippen molar-refractivity contribution < 1.29 is 32.8 Å². The van der Waals surface area contributed by atoms with Gasteiger partial charge in [0, 0.05) is 11.8 Å². The number of carbonyl (C=O) groups is 2. The molecule has 0 aromatic heterocycles. The zero-order valence-corrected chi connectivity index (χ0v) is 16.2. The fourth-order valence-electron chi connectivity index (χ4n) is 3.40. The Morgan fingerprint density at radius 2 is 1.97 bits per heavy atom. The van der Waals surface area contributed by atoms with Gasteiger partial charge in [-0.1, -0.05) is 6.07 Å². The molecular formula is C20H13F3N4O5. The number of carbonyl (C=O) groups excluding carboxylic acids is 1. The molecule has 2 N–H and O–H groups in total. The van der Waals surface area contributed by atoms with Gasteiger partial charge in [0.1, 0.15) is 0 Å². The van der Waals surface area contributed by atoms with Crippen molar-refractivity contribution in [1.82, 2.24) is 5.32 Å². The number of hydrogen-bond donors (Lipinski definition) is 2. The van der Waals surface area contributed by atoms with Gasteiger partial charge in [0.05, 0.1) is 45.0 Å². The average Bonchev–Trinajstić information content (AvgIpc) is 2.72. The predicted molar refractivity (Wildman–Crippen MR) is 103 cm³/mol. The summed E-state index contributed by atoms with van der Waals surface area (Å²) >= 11 is 0. The Morgan fingerprint density at radius 1 is 1.28 bits per heavy atom. The number of aliphatic carboxylic acids is 1.